The second kappa shape index (κ2) is 9.63. The minimum atomic E-state index is -4.75. The first kappa shape index (κ1) is 24.0. The number of hydrogen-bond donors (Lipinski definition) is 2. The van der Waals surface area contributed by atoms with Gasteiger partial charge in [0.05, 0.1) is 23.0 Å². The molecule has 2 N–H and O–H groups in total. The summed E-state index contributed by atoms with van der Waals surface area (Å²) in [5.74, 6) is 0.107. The Morgan fingerprint density at radius 2 is 1.43 bits per heavy atom. The van der Waals surface area contributed by atoms with Crippen LogP contribution in [-0.2, 0) is 10.0 Å². The Labute approximate surface area is 199 Å². The summed E-state index contributed by atoms with van der Waals surface area (Å²) >= 11 is 0. The van der Waals surface area contributed by atoms with Crippen LogP contribution in [0.5, 0.6) is 5.75 Å². The van der Waals surface area contributed by atoms with Gasteiger partial charge >= 0.3 is 6.36 Å². The lowest BCUT2D eigenvalue weighted by molar-refractivity contribution is -0.274. The highest BCUT2D eigenvalue weighted by Gasteiger charge is 2.31. The molecule has 7 nitrogen and oxygen atoms in total. The molecule has 0 fully saturated rings. The summed E-state index contributed by atoms with van der Waals surface area (Å²) in [6, 6.07) is 18.4. The van der Waals surface area contributed by atoms with E-state index in [4.69, 9.17) is 0 Å². The van der Waals surface area contributed by atoms with Crippen molar-refractivity contribution in [2.45, 2.75) is 18.2 Å². The van der Waals surface area contributed by atoms with Gasteiger partial charge in [-0.1, -0.05) is 17.7 Å². The van der Waals surface area contributed by atoms with Crippen molar-refractivity contribution in [2.24, 2.45) is 0 Å². The van der Waals surface area contributed by atoms with Gasteiger partial charge < -0.3 is 10.1 Å². The average molecular weight is 501 g/mol. The topological polar surface area (TPSA) is 93.2 Å². The van der Waals surface area contributed by atoms with E-state index in [-0.39, 0.29) is 10.6 Å². The molecule has 0 saturated carbocycles. The fraction of sp³-hybridized carbons (Fsp3) is 0.0833. The Morgan fingerprint density at radius 3 is 2.00 bits per heavy atom. The predicted octanol–water partition coefficient (Wildman–Crippen LogP) is 5.90. The Balaban J connectivity index is 1.39. The Morgan fingerprint density at radius 1 is 0.800 bits per heavy atom. The molecule has 0 bridgehead atoms. The quantitative estimate of drug-likeness (QED) is 0.329. The van der Waals surface area contributed by atoms with Gasteiger partial charge in [-0.25, -0.2) is 13.4 Å². The third-order valence-corrected chi connectivity index (χ3v) is 6.17. The van der Waals surface area contributed by atoms with E-state index in [1.165, 1.54) is 36.7 Å². The smallest absolute Gasteiger partial charge is 0.406 e. The molecule has 3 aromatic carbocycles. The highest BCUT2D eigenvalue weighted by molar-refractivity contribution is 7.92. The second-order valence-corrected chi connectivity index (χ2v) is 9.16. The maximum Gasteiger partial charge on any atom is 0.573 e. The minimum Gasteiger partial charge on any atom is -0.406 e. The van der Waals surface area contributed by atoms with E-state index in [0.29, 0.717) is 28.5 Å². The van der Waals surface area contributed by atoms with Crippen LogP contribution in [0, 0.1) is 6.92 Å². The van der Waals surface area contributed by atoms with Crippen LogP contribution in [0.15, 0.2) is 90.1 Å². The molecule has 11 heteroatoms. The van der Waals surface area contributed by atoms with E-state index in [9.17, 15) is 21.6 Å². The van der Waals surface area contributed by atoms with Gasteiger partial charge in [-0.15, -0.1) is 13.2 Å². The third kappa shape index (κ3) is 6.48. The van der Waals surface area contributed by atoms with E-state index >= 15 is 0 Å². The molecule has 4 rings (SSSR count). The fourth-order valence-electron chi connectivity index (χ4n) is 3.07. The van der Waals surface area contributed by atoms with E-state index in [2.05, 4.69) is 24.7 Å². The van der Waals surface area contributed by atoms with E-state index in [1.54, 1.807) is 48.5 Å². The molecular weight excluding hydrogens is 481 g/mol. The van der Waals surface area contributed by atoms with Crippen LogP contribution in [-0.4, -0.2) is 24.7 Å². The third-order valence-electron chi connectivity index (χ3n) is 4.78. The minimum absolute atomic E-state index is 0.170. The number of aryl methyl sites for hydroxylation is 1. The SMILES string of the molecule is Cc1ccc(S(=O)(=O)Nc2ccc(Nc3cnc(-c4ccc(OC(F)(F)F)cc4)cn3)cc2)cc1. The van der Waals surface area contributed by atoms with Crippen LogP contribution in [0.1, 0.15) is 5.56 Å². The van der Waals surface area contributed by atoms with Gasteiger partial charge in [0.15, 0.2) is 0 Å². The van der Waals surface area contributed by atoms with Crippen molar-refractivity contribution in [3.63, 3.8) is 0 Å². The van der Waals surface area contributed by atoms with Gasteiger partial charge in [-0.3, -0.25) is 9.71 Å². The number of anilines is 3. The first-order valence-corrected chi connectivity index (χ1v) is 11.7. The molecule has 180 valence electrons. The molecule has 0 aliphatic rings. The molecular formula is C24H19F3N4O3S. The molecule has 0 spiro atoms. The Bertz CT molecular complexity index is 1390. The Kier molecular flexibility index (Phi) is 6.61. The van der Waals surface area contributed by atoms with Crippen LogP contribution < -0.4 is 14.8 Å². The zero-order valence-corrected chi connectivity index (χ0v) is 19.1. The van der Waals surface area contributed by atoms with Crippen LogP contribution in [0.3, 0.4) is 0 Å². The number of ether oxygens (including phenoxy) is 1. The standard InChI is InChI=1S/C24H19F3N4O3S/c1-16-2-12-21(13-3-16)35(32,33)31-19-8-6-18(7-9-19)30-23-15-28-22(14-29-23)17-4-10-20(11-5-17)34-24(25,26)27/h2-15,31H,1H3,(H,29,30). The van der Waals surface area contributed by atoms with Gasteiger partial charge in [0, 0.05) is 16.9 Å². The number of hydrogen-bond acceptors (Lipinski definition) is 6. The van der Waals surface area contributed by atoms with E-state index < -0.39 is 16.4 Å². The largest absolute Gasteiger partial charge is 0.573 e. The van der Waals surface area contributed by atoms with Crippen LogP contribution >= 0.6 is 0 Å². The van der Waals surface area contributed by atoms with Crippen molar-refractivity contribution < 1.29 is 26.3 Å². The molecule has 0 saturated heterocycles. The van der Waals surface area contributed by atoms with Crippen LogP contribution in [0.4, 0.5) is 30.4 Å². The fourth-order valence-corrected chi connectivity index (χ4v) is 4.13. The number of nitrogens with one attached hydrogen (secondary N) is 2. The molecule has 1 aromatic heterocycles. The van der Waals surface area contributed by atoms with Gasteiger partial charge in [-0.2, -0.15) is 0 Å². The number of halogens is 3. The normalized spacial score (nSPS) is 11.7. The number of alkyl halides is 3. The predicted molar refractivity (Wildman–Crippen MR) is 126 cm³/mol. The van der Waals surface area contributed by atoms with E-state index in [1.807, 2.05) is 6.92 Å². The average Bonchev–Trinajstić information content (AvgIpc) is 2.81. The highest BCUT2D eigenvalue weighted by atomic mass is 32.2. The van der Waals surface area contributed by atoms with Crippen molar-refractivity contribution in [1.29, 1.82) is 0 Å². The monoisotopic (exact) mass is 500 g/mol. The molecule has 0 aliphatic heterocycles. The lowest BCUT2D eigenvalue weighted by Gasteiger charge is -2.10. The summed E-state index contributed by atoms with van der Waals surface area (Å²) in [7, 11) is -3.70. The molecule has 0 atom stereocenters. The van der Waals surface area contributed by atoms with Crippen molar-refractivity contribution in [3.8, 4) is 17.0 Å². The summed E-state index contributed by atoms with van der Waals surface area (Å²) in [6.07, 6.45) is -1.80. The molecule has 0 unspecified atom stereocenters. The van der Waals surface area contributed by atoms with Gasteiger partial charge in [0.2, 0.25) is 0 Å². The Hall–Kier alpha value is -4.12. The first-order valence-electron chi connectivity index (χ1n) is 10.2. The summed E-state index contributed by atoms with van der Waals surface area (Å²) in [5, 5.41) is 3.05. The summed E-state index contributed by atoms with van der Waals surface area (Å²) in [6.45, 7) is 1.88. The molecule has 0 aliphatic carbocycles. The molecule has 4 aromatic rings. The second-order valence-electron chi connectivity index (χ2n) is 7.48. The maximum absolute atomic E-state index is 12.5. The van der Waals surface area contributed by atoms with Crippen molar-refractivity contribution in [2.75, 3.05) is 10.0 Å². The molecule has 0 radical (unpaired) electrons. The van der Waals surface area contributed by atoms with Crippen molar-refractivity contribution in [1.82, 2.24) is 9.97 Å². The summed E-state index contributed by atoms with van der Waals surface area (Å²) < 4.78 is 68.3. The van der Waals surface area contributed by atoms with E-state index in [0.717, 1.165) is 5.56 Å². The maximum atomic E-state index is 12.5. The zero-order chi connectivity index (χ0) is 25.1. The first-order chi connectivity index (χ1) is 16.6. The number of nitrogens with zero attached hydrogens (tertiary/aromatic N) is 2. The number of benzene rings is 3. The molecule has 1 heterocycles. The lowest BCUT2D eigenvalue weighted by Crippen LogP contribution is -2.16. The van der Waals surface area contributed by atoms with Gasteiger partial charge in [-0.05, 0) is 67.6 Å². The highest BCUT2D eigenvalue weighted by Crippen LogP contribution is 2.26. The summed E-state index contributed by atoms with van der Waals surface area (Å²) in [4.78, 5) is 8.71. The van der Waals surface area contributed by atoms with Crippen molar-refractivity contribution in [3.05, 3.63) is 90.8 Å². The lowest BCUT2D eigenvalue weighted by atomic mass is 10.1. The number of aromatic nitrogens is 2. The van der Waals surface area contributed by atoms with Crippen molar-refractivity contribution >= 4 is 27.2 Å². The van der Waals surface area contributed by atoms with Gasteiger partial charge in [0.25, 0.3) is 10.0 Å². The van der Waals surface area contributed by atoms with Gasteiger partial charge in [0.1, 0.15) is 11.6 Å². The summed E-state index contributed by atoms with van der Waals surface area (Å²) in [5.41, 5.74) is 3.05. The van der Waals surface area contributed by atoms with Crippen LogP contribution in [0.2, 0.25) is 0 Å². The van der Waals surface area contributed by atoms with Crippen LogP contribution in [0.25, 0.3) is 11.3 Å². The molecule has 35 heavy (non-hydrogen) atoms. The number of sulfonamides is 1. The zero-order valence-electron chi connectivity index (χ0n) is 18.2. The molecule has 0 amide bonds. The number of rotatable bonds is 7.